The Hall–Kier alpha value is -0.650. The number of benzene rings is 1. The topological polar surface area (TPSA) is 53.7 Å². The standard InChI is InChI=1S/C11H14ClNO3/c1-11(8-2-4-9(12)5-3-8)14-6-10(16-11)7-15-13/h2-5,10H,6-7,13H2,1H3. The number of halogens is 1. The van der Waals surface area contributed by atoms with E-state index in [-0.39, 0.29) is 6.10 Å². The molecule has 4 nitrogen and oxygen atoms in total. The maximum absolute atomic E-state index is 5.82. The number of hydrogen-bond donors (Lipinski definition) is 1. The molecule has 1 saturated heterocycles. The van der Waals surface area contributed by atoms with Gasteiger partial charge in [0.15, 0.2) is 5.79 Å². The average Bonchev–Trinajstić information content (AvgIpc) is 2.63. The van der Waals surface area contributed by atoms with Crippen LogP contribution in [0.1, 0.15) is 12.5 Å². The lowest BCUT2D eigenvalue weighted by molar-refractivity contribution is -0.167. The van der Waals surface area contributed by atoms with Crippen LogP contribution >= 0.6 is 11.6 Å². The molecular weight excluding hydrogens is 230 g/mol. The third kappa shape index (κ3) is 2.36. The Balaban J connectivity index is 2.12. The zero-order valence-corrected chi connectivity index (χ0v) is 9.74. The fraction of sp³-hybridized carbons (Fsp3) is 0.455. The molecule has 1 heterocycles. The fourth-order valence-corrected chi connectivity index (χ4v) is 1.86. The number of rotatable bonds is 3. The summed E-state index contributed by atoms with van der Waals surface area (Å²) in [6.45, 7) is 2.66. The van der Waals surface area contributed by atoms with Crippen molar-refractivity contribution in [2.45, 2.75) is 18.8 Å². The highest BCUT2D eigenvalue weighted by Gasteiger charge is 2.38. The predicted octanol–water partition coefficient (Wildman–Crippen LogP) is 1.82. The Bertz CT molecular complexity index is 357. The zero-order chi connectivity index (χ0) is 11.6. The molecule has 0 radical (unpaired) electrons. The summed E-state index contributed by atoms with van der Waals surface area (Å²) in [5, 5.41) is 0.687. The monoisotopic (exact) mass is 243 g/mol. The maximum Gasteiger partial charge on any atom is 0.192 e. The summed E-state index contributed by atoms with van der Waals surface area (Å²) in [5.74, 6) is 4.26. The van der Waals surface area contributed by atoms with E-state index in [4.69, 9.17) is 27.0 Å². The van der Waals surface area contributed by atoms with Gasteiger partial charge in [-0.15, -0.1) is 0 Å². The molecule has 1 aromatic rings. The molecule has 1 aromatic carbocycles. The van der Waals surface area contributed by atoms with Gasteiger partial charge in [0, 0.05) is 10.6 Å². The minimum absolute atomic E-state index is 0.134. The summed E-state index contributed by atoms with van der Waals surface area (Å²) >= 11 is 5.82. The average molecular weight is 244 g/mol. The molecule has 0 aromatic heterocycles. The summed E-state index contributed by atoms with van der Waals surface area (Å²) in [5.41, 5.74) is 0.927. The Kier molecular flexibility index (Phi) is 3.47. The second-order valence-corrected chi connectivity index (χ2v) is 4.27. The van der Waals surface area contributed by atoms with Gasteiger partial charge in [-0.25, -0.2) is 5.90 Å². The highest BCUT2D eigenvalue weighted by atomic mass is 35.5. The molecule has 5 heteroatoms. The SMILES string of the molecule is CC1(c2ccc(Cl)cc2)OCC(CON)O1. The first-order valence-corrected chi connectivity index (χ1v) is 5.41. The van der Waals surface area contributed by atoms with Crippen LogP contribution in [0.15, 0.2) is 24.3 Å². The van der Waals surface area contributed by atoms with Gasteiger partial charge < -0.3 is 14.3 Å². The highest BCUT2D eigenvalue weighted by Crippen LogP contribution is 2.34. The molecule has 1 aliphatic heterocycles. The van der Waals surface area contributed by atoms with E-state index in [1.807, 2.05) is 31.2 Å². The Morgan fingerprint density at radius 3 is 2.81 bits per heavy atom. The van der Waals surface area contributed by atoms with Gasteiger partial charge in [-0.05, 0) is 19.1 Å². The van der Waals surface area contributed by atoms with E-state index >= 15 is 0 Å². The minimum atomic E-state index is -0.742. The predicted molar refractivity (Wildman–Crippen MR) is 59.8 cm³/mol. The first-order chi connectivity index (χ1) is 7.64. The van der Waals surface area contributed by atoms with Crippen molar-refractivity contribution < 1.29 is 14.3 Å². The van der Waals surface area contributed by atoms with Crippen LogP contribution in [0.3, 0.4) is 0 Å². The summed E-state index contributed by atoms with van der Waals surface area (Å²) < 4.78 is 11.4. The molecule has 0 aliphatic carbocycles. The van der Waals surface area contributed by atoms with Gasteiger partial charge >= 0.3 is 0 Å². The van der Waals surface area contributed by atoms with Crippen LogP contribution < -0.4 is 5.90 Å². The van der Waals surface area contributed by atoms with E-state index in [1.165, 1.54) is 0 Å². The molecule has 2 atom stereocenters. The third-order valence-corrected chi connectivity index (χ3v) is 2.84. The quantitative estimate of drug-likeness (QED) is 0.823. The van der Waals surface area contributed by atoms with E-state index in [0.717, 1.165) is 5.56 Å². The fourth-order valence-electron chi connectivity index (χ4n) is 1.73. The summed E-state index contributed by atoms with van der Waals surface area (Å²) in [6.07, 6.45) is -0.134. The van der Waals surface area contributed by atoms with E-state index in [2.05, 4.69) is 4.84 Å². The number of ether oxygens (including phenoxy) is 2. The van der Waals surface area contributed by atoms with Gasteiger partial charge in [0.2, 0.25) is 0 Å². The maximum atomic E-state index is 5.82. The van der Waals surface area contributed by atoms with Crippen molar-refractivity contribution in [2.75, 3.05) is 13.2 Å². The van der Waals surface area contributed by atoms with Crippen LogP contribution in [0.25, 0.3) is 0 Å². The van der Waals surface area contributed by atoms with E-state index in [1.54, 1.807) is 0 Å². The third-order valence-electron chi connectivity index (χ3n) is 2.59. The normalized spacial score (nSPS) is 29.6. The summed E-state index contributed by atoms with van der Waals surface area (Å²) in [6, 6.07) is 7.38. The Morgan fingerprint density at radius 1 is 1.50 bits per heavy atom. The first kappa shape index (κ1) is 11.8. The molecule has 0 amide bonds. The van der Waals surface area contributed by atoms with Crippen molar-refractivity contribution in [1.82, 2.24) is 0 Å². The lowest BCUT2D eigenvalue weighted by atomic mass is 10.1. The second-order valence-electron chi connectivity index (χ2n) is 3.84. The van der Waals surface area contributed by atoms with Crippen LogP contribution in [0.2, 0.25) is 5.02 Å². The zero-order valence-electron chi connectivity index (χ0n) is 8.98. The van der Waals surface area contributed by atoms with E-state index in [0.29, 0.717) is 18.2 Å². The van der Waals surface area contributed by atoms with Crippen molar-refractivity contribution in [3.63, 3.8) is 0 Å². The van der Waals surface area contributed by atoms with Crippen molar-refractivity contribution in [3.05, 3.63) is 34.9 Å². The number of hydrogen-bond acceptors (Lipinski definition) is 4. The minimum Gasteiger partial charge on any atom is -0.343 e. The molecule has 16 heavy (non-hydrogen) atoms. The molecule has 88 valence electrons. The first-order valence-electron chi connectivity index (χ1n) is 5.03. The Morgan fingerprint density at radius 2 is 2.19 bits per heavy atom. The van der Waals surface area contributed by atoms with Gasteiger partial charge in [-0.2, -0.15) is 0 Å². The smallest absolute Gasteiger partial charge is 0.192 e. The van der Waals surface area contributed by atoms with Crippen LogP contribution in [0.4, 0.5) is 0 Å². The van der Waals surface area contributed by atoms with Gasteiger partial charge in [-0.3, -0.25) is 0 Å². The molecule has 0 bridgehead atoms. The van der Waals surface area contributed by atoms with Crippen LogP contribution in [-0.2, 0) is 20.1 Å². The molecular formula is C11H14ClNO3. The van der Waals surface area contributed by atoms with Crippen LogP contribution in [-0.4, -0.2) is 19.3 Å². The van der Waals surface area contributed by atoms with E-state index in [9.17, 15) is 0 Å². The van der Waals surface area contributed by atoms with Crippen molar-refractivity contribution in [3.8, 4) is 0 Å². The van der Waals surface area contributed by atoms with Gasteiger partial charge in [0.05, 0.1) is 13.2 Å². The molecule has 1 aliphatic rings. The second kappa shape index (κ2) is 4.69. The molecule has 2 unspecified atom stereocenters. The molecule has 0 spiro atoms. The molecule has 0 saturated carbocycles. The largest absolute Gasteiger partial charge is 0.343 e. The lowest BCUT2D eigenvalue weighted by Crippen LogP contribution is -2.26. The molecule has 2 rings (SSSR count). The summed E-state index contributed by atoms with van der Waals surface area (Å²) in [4.78, 5) is 4.55. The Labute approximate surface area is 99.2 Å². The summed E-state index contributed by atoms with van der Waals surface area (Å²) in [7, 11) is 0. The van der Waals surface area contributed by atoms with Gasteiger partial charge in [0.1, 0.15) is 6.10 Å². The van der Waals surface area contributed by atoms with E-state index < -0.39 is 5.79 Å². The van der Waals surface area contributed by atoms with Gasteiger partial charge in [0.25, 0.3) is 0 Å². The van der Waals surface area contributed by atoms with Crippen molar-refractivity contribution in [1.29, 1.82) is 0 Å². The molecule has 1 fully saturated rings. The van der Waals surface area contributed by atoms with Crippen LogP contribution in [0, 0.1) is 0 Å². The lowest BCUT2D eigenvalue weighted by Gasteiger charge is -2.23. The van der Waals surface area contributed by atoms with Gasteiger partial charge in [-0.1, -0.05) is 23.7 Å². The van der Waals surface area contributed by atoms with Crippen molar-refractivity contribution in [2.24, 2.45) is 5.90 Å². The van der Waals surface area contributed by atoms with Crippen molar-refractivity contribution >= 4 is 11.6 Å². The van der Waals surface area contributed by atoms with Crippen LogP contribution in [0.5, 0.6) is 0 Å². The molecule has 2 N–H and O–H groups in total. The highest BCUT2D eigenvalue weighted by molar-refractivity contribution is 6.30. The number of nitrogens with two attached hydrogens (primary N) is 1.